The van der Waals surface area contributed by atoms with Crippen molar-refractivity contribution in [2.45, 2.75) is 38.0 Å². The molecule has 0 bridgehead atoms. The van der Waals surface area contributed by atoms with Crippen LogP contribution in [0.4, 0.5) is 0 Å². The normalized spacial score (nSPS) is 14.9. The molecule has 146 valence electrons. The van der Waals surface area contributed by atoms with E-state index in [1.165, 1.54) is 75.3 Å². The lowest BCUT2D eigenvalue weighted by Crippen LogP contribution is -2.29. The molecular weight excluding hydrogens is 348 g/mol. The minimum Gasteiger partial charge on any atom is -0.303 e. The van der Waals surface area contributed by atoms with E-state index in [1.54, 1.807) is 0 Å². The highest BCUT2D eigenvalue weighted by molar-refractivity contribution is 7.98. The molecule has 1 aliphatic heterocycles. The van der Waals surface area contributed by atoms with Crippen molar-refractivity contribution in [3.8, 4) is 0 Å². The van der Waals surface area contributed by atoms with Crippen molar-refractivity contribution in [1.29, 1.82) is 0 Å². The van der Waals surface area contributed by atoms with Crippen molar-refractivity contribution < 1.29 is 0 Å². The van der Waals surface area contributed by atoms with E-state index in [-0.39, 0.29) is 0 Å². The molecular formula is C24H34N2S. The second kappa shape index (κ2) is 12.2. The summed E-state index contributed by atoms with van der Waals surface area (Å²) in [4.78, 5) is 5.30. The fourth-order valence-electron chi connectivity index (χ4n) is 3.79. The number of hydrogen-bond acceptors (Lipinski definition) is 3. The standard InChI is InChI=1S/C24H34N2S/c1-3-11-23(12-4-1)21-26(18-9-17-25-15-7-8-16-25)19-10-20-27-22-24-13-5-2-6-14-24/h1-6,11-14H,7-10,15-22H2. The highest BCUT2D eigenvalue weighted by Crippen LogP contribution is 2.14. The summed E-state index contributed by atoms with van der Waals surface area (Å²) in [5.74, 6) is 2.38. The van der Waals surface area contributed by atoms with Crippen molar-refractivity contribution >= 4 is 11.8 Å². The van der Waals surface area contributed by atoms with Gasteiger partial charge in [-0.2, -0.15) is 11.8 Å². The molecule has 0 radical (unpaired) electrons. The number of thioether (sulfide) groups is 1. The Balaban J connectivity index is 1.38. The van der Waals surface area contributed by atoms with Crippen LogP contribution in [0.5, 0.6) is 0 Å². The second-order valence-electron chi connectivity index (χ2n) is 7.56. The summed E-state index contributed by atoms with van der Waals surface area (Å²) in [5.41, 5.74) is 2.88. The van der Waals surface area contributed by atoms with E-state index in [9.17, 15) is 0 Å². The first-order chi connectivity index (χ1) is 13.4. The number of likely N-dealkylation sites (tertiary alicyclic amines) is 1. The van der Waals surface area contributed by atoms with E-state index in [4.69, 9.17) is 0 Å². The molecule has 2 aromatic carbocycles. The van der Waals surface area contributed by atoms with Gasteiger partial charge in [0.1, 0.15) is 0 Å². The summed E-state index contributed by atoms with van der Waals surface area (Å²) >= 11 is 2.06. The lowest BCUT2D eigenvalue weighted by atomic mass is 10.2. The molecule has 0 atom stereocenters. The molecule has 2 nitrogen and oxygen atoms in total. The summed E-state index contributed by atoms with van der Waals surface area (Å²) in [5, 5.41) is 0. The molecule has 1 fully saturated rings. The third kappa shape index (κ3) is 8.08. The van der Waals surface area contributed by atoms with Gasteiger partial charge in [-0.05, 0) is 75.3 Å². The first kappa shape index (κ1) is 20.4. The largest absolute Gasteiger partial charge is 0.303 e. The van der Waals surface area contributed by atoms with Crippen LogP contribution in [0.1, 0.15) is 36.8 Å². The quantitative estimate of drug-likeness (QED) is 0.460. The molecule has 0 spiro atoms. The van der Waals surface area contributed by atoms with E-state index in [0.29, 0.717) is 0 Å². The Morgan fingerprint density at radius 1 is 0.778 bits per heavy atom. The van der Waals surface area contributed by atoms with Crippen LogP contribution in [0, 0.1) is 0 Å². The van der Waals surface area contributed by atoms with E-state index in [2.05, 4.69) is 82.2 Å². The van der Waals surface area contributed by atoms with Gasteiger partial charge in [0, 0.05) is 12.3 Å². The lowest BCUT2D eigenvalue weighted by molar-refractivity contribution is 0.239. The fraction of sp³-hybridized carbons (Fsp3) is 0.500. The van der Waals surface area contributed by atoms with Crippen LogP contribution >= 0.6 is 11.8 Å². The first-order valence-corrected chi connectivity index (χ1v) is 11.7. The molecule has 3 rings (SSSR count). The van der Waals surface area contributed by atoms with Crippen molar-refractivity contribution in [2.24, 2.45) is 0 Å². The minimum atomic E-state index is 1.09. The Labute approximate surface area is 170 Å². The molecule has 27 heavy (non-hydrogen) atoms. The van der Waals surface area contributed by atoms with E-state index >= 15 is 0 Å². The molecule has 0 saturated carbocycles. The zero-order valence-corrected chi connectivity index (χ0v) is 17.4. The molecule has 1 aliphatic rings. The SMILES string of the molecule is c1ccc(CSCCCN(CCCN2CCCC2)Cc2ccccc2)cc1. The zero-order chi connectivity index (χ0) is 18.6. The van der Waals surface area contributed by atoms with Crippen LogP contribution in [0.3, 0.4) is 0 Å². The van der Waals surface area contributed by atoms with Crippen molar-refractivity contribution in [3.63, 3.8) is 0 Å². The van der Waals surface area contributed by atoms with Gasteiger partial charge in [0.2, 0.25) is 0 Å². The number of benzene rings is 2. The molecule has 0 amide bonds. The third-order valence-electron chi connectivity index (χ3n) is 5.27. The average Bonchev–Trinajstić information content (AvgIpc) is 3.23. The summed E-state index contributed by atoms with van der Waals surface area (Å²) in [7, 11) is 0. The summed E-state index contributed by atoms with van der Waals surface area (Å²) in [6.45, 7) is 7.41. The maximum atomic E-state index is 2.66. The second-order valence-corrected chi connectivity index (χ2v) is 8.66. The predicted octanol–water partition coefficient (Wildman–Crippen LogP) is 5.30. The van der Waals surface area contributed by atoms with Crippen LogP contribution < -0.4 is 0 Å². The molecule has 0 N–H and O–H groups in total. The minimum absolute atomic E-state index is 1.09. The molecule has 0 aliphatic carbocycles. The highest BCUT2D eigenvalue weighted by atomic mass is 32.2. The Morgan fingerprint density at radius 3 is 2.11 bits per heavy atom. The molecule has 1 heterocycles. The topological polar surface area (TPSA) is 6.48 Å². The van der Waals surface area contributed by atoms with Crippen molar-refractivity contribution in [3.05, 3.63) is 71.8 Å². The maximum Gasteiger partial charge on any atom is 0.0233 e. The van der Waals surface area contributed by atoms with Gasteiger partial charge >= 0.3 is 0 Å². The summed E-state index contributed by atoms with van der Waals surface area (Å²) in [6, 6.07) is 21.8. The Kier molecular flexibility index (Phi) is 9.26. The van der Waals surface area contributed by atoms with Crippen LogP contribution in [-0.2, 0) is 12.3 Å². The van der Waals surface area contributed by atoms with Gasteiger partial charge in [-0.1, -0.05) is 60.7 Å². The number of rotatable bonds is 12. The Bertz CT molecular complexity index is 611. The van der Waals surface area contributed by atoms with Crippen molar-refractivity contribution in [1.82, 2.24) is 9.80 Å². The number of hydrogen-bond donors (Lipinski definition) is 0. The van der Waals surface area contributed by atoms with Gasteiger partial charge in [0.25, 0.3) is 0 Å². The van der Waals surface area contributed by atoms with Crippen LogP contribution in [0.2, 0.25) is 0 Å². The smallest absolute Gasteiger partial charge is 0.0233 e. The van der Waals surface area contributed by atoms with Gasteiger partial charge in [0.15, 0.2) is 0 Å². The first-order valence-electron chi connectivity index (χ1n) is 10.5. The van der Waals surface area contributed by atoms with Gasteiger partial charge in [-0.15, -0.1) is 0 Å². The van der Waals surface area contributed by atoms with Gasteiger partial charge in [0.05, 0.1) is 0 Å². The van der Waals surface area contributed by atoms with Gasteiger partial charge in [-0.3, -0.25) is 4.90 Å². The molecule has 1 saturated heterocycles. The molecule has 0 unspecified atom stereocenters. The van der Waals surface area contributed by atoms with E-state index < -0.39 is 0 Å². The zero-order valence-electron chi connectivity index (χ0n) is 16.6. The summed E-state index contributed by atoms with van der Waals surface area (Å²) in [6.07, 6.45) is 5.36. The van der Waals surface area contributed by atoms with E-state index in [1.807, 2.05) is 0 Å². The van der Waals surface area contributed by atoms with Gasteiger partial charge in [-0.25, -0.2) is 0 Å². The highest BCUT2D eigenvalue weighted by Gasteiger charge is 2.12. The number of nitrogens with zero attached hydrogens (tertiary/aromatic N) is 2. The predicted molar refractivity (Wildman–Crippen MR) is 119 cm³/mol. The molecule has 2 aromatic rings. The Morgan fingerprint density at radius 2 is 1.41 bits per heavy atom. The third-order valence-corrected chi connectivity index (χ3v) is 6.39. The van der Waals surface area contributed by atoms with Gasteiger partial charge < -0.3 is 4.90 Å². The average molecular weight is 383 g/mol. The fourth-order valence-corrected chi connectivity index (χ4v) is 4.70. The monoisotopic (exact) mass is 382 g/mol. The Hall–Kier alpha value is -1.29. The van der Waals surface area contributed by atoms with Crippen LogP contribution in [0.15, 0.2) is 60.7 Å². The molecule has 0 aromatic heterocycles. The van der Waals surface area contributed by atoms with Crippen LogP contribution in [0.25, 0.3) is 0 Å². The molecule has 3 heteroatoms. The lowest BCUT2D eigenvalue weighted by Gasteiger charge is -2.24. The van der Waals surface area contributed by atoms with Crippen molar-refractivity contribution in [2.75, 3.05) is 38.5 Å². The van der Waals surface area contributed by atoms with Crippen LogP contribution in [-0.4, -0.2) is 48.3 Å². The summed E-state index contributed by atoms with van der Waals surface area (Å²) < 4.78 is 0. The maximum absolute atomic E-state index is 2.66. The van der Waals surface area contributed by atoms with E-state index in [0.717, 1.165) is 12.3 Å².